The van der Waals surface area contributed by atoms with E-state index >= 15 is 0 Å². The molecule has 1 atom stereocenters. The van der Waals surface area contributed by atoms with Gasteiger partial charge in [0.1, 0.15) is 5.88 Å². The zero-order chi connectivity index (χ0) is 13.2. The summed E-state index contributed by atoms with van der Waals surface area (Å²) in [4.78, 5) is 17.3. The first kappa shape index (κ1) is 13.3. The number of aromatic nitrogens is 1. The molecule has 1 aliphatic rings. The standard InChI is InChI=1S/C11H13ClN2O3S/c12-6-11(15)14(9-2-1-4-13-7-9)10-3-5-18(16,17)8-10/h1-2,4,7,10H,3,5-6,8H2/t10-/m1/s1. The highest BCUT2D eigenvalue weighted by molar-refractivity contribution is 7.91. The third-order valence-corrected chi connectivity index (χ3v) is 4.86. The predicted molar refractivity (Wildman–Crippen MR) is 69.5 cm³/mol. The van der Waals surface area contributed by atoms with Gasteiger partial charge in [-0.05, 0) is 18.6 Å². The average molecular weight is 289 g/mol. The predicted octanol–water partition coefficient (Wildman–Crippen LogP) is 0.841. The van der Waals surface area contributed by atoms with Gasteiger partial charge in [-0.2, -0.15) is 0 Å². The molecule has 18 heavy (non-hydrogen) atoms. The summed E-state index contributed by atoms with van der Waals surface area (Å²) >= 11 is 5.59. The largest absolute Gasteiger partial charge is 0.306 e. The van der Waals surface area contributed by atoms with Gasteiger partial charge in [0.25, 0.3) is 0 Å². The molecule has 1 fully saturated rings. The van der Waals surface area contributed by atoms with E-state index in [1.165, 1.54) is 11.1 Å². The van der Waals surface area contributed by atoms with Crippen LogP contribution in [0.2, 0.25) is 0 Å². The van der Waals surface area contributed by atoms with Crippen LogP contribution in [0.4, 0.5) is 5.69 Å². The van der Waals surface area contributed by atoms with Crippen LogP contribution in [-0.2, 0) is 14.6 Å². The average Bonchev–Trinajstić information content (AvgIpc) is 2.71. The van der Waals surface area contributed by atoms with Gasteiger partial charge >= 0.3 is 0 Å². The summed E-state index contributed by atoms with van der Waals surface area (Å²) in [5.41, 5.74) is 0.588. The van der Waals surface area contributed by atoms with Crippen molar-refractivity contribution in [2.75, 3.05) is 22.3 Å². The third-order valence-electron chi connectivity index (χ3n) is 2.88. The number of halogens is 1. The summed E-state index contributed by atoms with van der Waals surface area (Å²) in [5, 5.41) is 0. The van der Waals surface area contributed by atoms with Gasteiger partial charge in [-0.15, -0.1) is 11.6 Å². The molecule has 0 aliphatic carbocycles. The molecule has 1 amide bonds. The van der Waals surface area contributed by atoms with Crippen molar-refractivity contribution in [3.63, 3.8) is 0 Å². The van der Waals surface area contributed by atoms with E-state index in [2.05, 4.69) is 4.98 Å². The molecule has 1 aromatic heterocycles. The van der Waals surface area contributed by atoms with Crippen LogP contribution < -0.4 is 4.90 Å². The Bertz CT molecular complexity index is 532. The Morgan fingerprint density at radius 3 is 2.83 bits per heavy atom. The van der Waals surface area contributed by atoms with Crippen LogP contribution in [0.5, 0.6) is 0 Å². The lowest BCUT2D eigenvalue weighted by atomic mass is 10.2. The van der Waals surface area contributed by atoms with E-state index in [9.17, 15) is 13.2 Å². The maximum atomic E-state index is 11.9. The number of sulfone groups is 1. The summed E-state index contributed by atoms with van der Waals surface area (Å²) in [6.07, 6.45) is 3.58. The Kier molecular flexibility index (Phi) is 3.87. The molecular formula is C11H13ClN2O3S. The monoisotopic (exact) mass is 288 g/mol. The van der Waals surface area contributed by atoms with Gasteiger partial charge < -0.3 is 4.90 Å². The Labute approximate surface area is 111 Å². The number of nitrogens with zero attached hydrogens (tertiary/aromatic N) is 2. The van der Waals surface area contributed by atoms with Crippen molar-refractivity contribution in [2.45, 2.75) is 12.5 Å². The van der Waals surface area contributed by atoms with Crippen molar-refractivity contribution >= 4 is 33.0 Å². The molecule has 0 unspecified atom stereocenters. The molecule has 1 aromatic rings. The molecular weight excluding hydrogens is 276 g/mol. The highest BCUT2D eigenvalue weighted by Crippen LogP contribution is 2.24. The van der Waals surface area contributed by atoms with E-state index in [0.29, 0.717) is 12.1 Å². The third kappa shape index (κ3) is 2.81. The number of alkyl halides is 1. The first-order valence-corrected chi connectivity index (χ1v) is 7.87. The lowest BCUT2D eigenvalue weighted by Crippen LogP contribution is -2.42. The van der Waals surface area contributed by atoms with Gasteiger partial charge in [0.05, 0.1) is 29.4 Å². The summed E-state index contributed by atoms with van der Waals surface area (Å²) in [5.74, 6) is -0.369. The number of anilines is 1. The molecule has 7 heteroatoms. The Hall–Kier alpha value is -1.14. The maximum Gasteiger partial charge on any atom is 0.242 e. The topological polar surface area (TPSA) is 67.3 Å². The second-order valence-electron chi connectivity index (χ2n) is 4.17. The maximum absolute atomic E-state index is 11.9. The number of hydrogen-bond acceptors (Lipinski definition) is 4. The van der Waals surface area contributed by atoms with Crippen LogP contribution >= 0.6 is 11.6 Å². The second-order valence-corrected chi connectivity index (χ2v) is 6.66. The number of carbonyl (C=O) groups is 1. The van der Waals surface area contributed by atoms with E-state index in [1.54, 1.807) is 18.3 Å². The van der Waals surface area contributed by atoms with E-state index in [0.717, 1.165) is 0 Å². The summed E-state index contributed by atoms with van der Waals surface area (Å²) in [6, 6.07) is 3.08. The van der Waals surface area contributed by atoms with Crippen molar-refractivity contribution in [1.29, 1.82) is 0 Å². The Balaban J connectivity index is 2.30. The molecule has 2 heterocycles. The highest BCUT2D eigenvalue weighted by Gasteiger charge is 2.35. The minimum atomic E-state index is -3.05. The van der Waals surface area contributed by atoms with Gasteiger partial charge in [-0.3, -0.25) is 9.78 Å². The molecule has 5 nitrogen and oxygen atoms in total. The molecule has 0 N–H and O–H groups in total. The molecule has 0 radical (unpaired) electrons. The molecule has 1 aliphatic heterocycles. The second kappa shape index (κ2) is 5.24. The highest BCUT2D eigenvalue weighted by atomic mass is 35.5. The fraction of sp³-hybridized carbons (Fsp3) is 0.455. The van der Waals surface area contributed by atoms with Crippen LogP contribution in [0.15, 0.2) is 24.5 Å². The van der Waals surface area contributed by atoms with Crippen LogP contribution in [0.3, 0.4) is 0 Å². The first-order valence-electron chi connectivity index (χ1n) is 5.52. The van der Waals surface area contributed by atoms with Crippen LogP contribution in [0, 0.1) is 0 Å². The lowest BCUT2D eigenvalue weighted by molar-refractivity contribution is -0.116. The summed E-state index contributed by atoms with van der Waals surface area (Å²) in [6.45, 7) is 0. The molecule has 0 aromatic carbocycles. The molecule has 0 saturated carbocycles. The molecule has 0 bridgehead atoms. The van der Waals surface area contributed by atoms with E-state index in [-0.39, 0.29) is 29.3 Å². The van der Waals surface area contributed by atoms with Gasteiger partial charge in [-0.25, -0.2) is 8.42 Å². The van der Waals surface area contributed by atoms with E-state index in [4.69, 9.17) is 11.6 Å². The van der Waals surface area contributed by atoms with Gasteiger partial charge in [0, 0.05) is 6.20 Å². The molecule has 2 rings (SSSR count). The normalized spacial score (nSPS) is 21.7. The van der Waals surface area contributed by atoms with E-state index in [1.807, 2.05) is 0 Å². The van der Waals surface area contributed by atoms with Crippen molar-refractivity contribution < 1.29 is 13.2 Å². The minimum Gasteiger partial charge on any atom is -0.306 e. The number of carbonyl (C=O) groups excluding carboxylic acids is 1. The Morgan fingerprint density at radius 2 is 2.33 bits per heavy atom. The number of pyridine rings is 1. The Morgan fingerprint density at radius 1 is 1.56 bits per heavy atom. The van der Waals surface area contributed by atoms with Crippen molar-refractivity contribution in [2.24, 2.45) is 0 Å². The number of amides is 1. The number of rotatable bonds is 3. The van der Waals surface area contributed by atoms with Gasteiger partial charge in [0.2, 0.25) is 5.91 Å². The SMILES string of the molecule is O=C(CCl)N(c1cccnc1)[C@@H]1CCS(=O)(=O)C1. The fourth-order valence-electron chi connectivity index (χ4n) is 2.10. The fourth-order valence-corrected chi connectivity index (χ4v) is 3.93. The van der Waals surface area contributed by atoms with Crippen LogP contribution in [0.1, 0.15) is 6.42 Å². The van der Waals surface area contributed by atoms with E-state index < -0.39 is 9.84 Å². The first-order chi connectivity index (χ1) is 8.53. The zero-order valence-electron chi connectivity index (χ0n) is 9.62. The smallest absolute Gasteiger partial charge is 0.242 e. The summed E-state index contributed by atoms with van der Waals surface area (Å²) in [7, 11) is -3.05. The lowest BCUT2D eigenvalue weighted by Gasteiger charge is -2.27. The van der Waals surface area contributed by atoms with Crippen LogP contribution in [-0.4, -0.2) is 42.7 Å². The van der Waals surface area contributed by atoms with Crippen molar-refractivity contribution in [3.8, 4) is 0 Å². The van der Waals surface area contributed by atoms with Crippen molar-refractivity contribution in [1.82, 2.24) is 4.98 Å². The van der Waals surface area contributed by atoms with Crippen molar-refractivity contribution in [3.05, 3.63) is 24.5 Å². The molecule has 0 spiro atoms. The van der Waals surface area contributed by atoms with Gasteiger partial charge in [-0.1, -0.05) is 0 Å². The summed E-state index contributed by atoms with van der Waals surface area (Å²) < 4.78 is 23.0. The minimum absolute atomic E-state index is 0.00940. The number of hydrogen-bond donors (Lipinski definition) is 0. The van der Waals surface area contributed by atoms with Gasteiger partial charge in [0.15, 0.2) is 9.84 Å². The quantitative estimate of drug-likeness (QED) is 0.773. The van der Waals surface area contributed by atoms with Crippen LogP contribution in [0.25, 0.3) is 0 Å². The molecule has 1 saturated heterocycles. The zero-order valence-corrected chi connectivity index (χ0v) is 11.2. The molecule has 98 valence electrons.